The molecule has 4 rings (SSSR count). The van der Waals surface area contributed by atoms with Crippen LogP contribution in [-0.4, -0.2) is 48.4 Å². The monoisotopic (exact) mass is 527 g/mol. The molecule has 1 aromatic carbocycles. The predicted octanol–water partition coefficient (Wildman–Crippen LogP) is 3.57. The fourth-order valence-corrected chi connectivity index (χ4v) is 8.15. The second-order valence-electron chi connectivity index (χ2n) is 7.53. The molecule has 1 aliphatic heterocycles. The molecule has 0 aliphatic carbocycles. The van der Waals surface area contributed by atoms with E-state index >= 15 is 0 Å². The van der Waals surface area contributed by atoms with Crippen LogP contribution < -0.4 is 4.80 Å². The number of thiophene rings is 1. The number of aryl methyl sites for hydroxylation is 1. The summed E-state index contributed by atoms with van der Waals surface area (Å²) < 4.78 is 35.5. The fraction of sp³-hybridized carbons (Fsp3) is 0.381. The van der Waals surface area contributed by atoms with Gasteiger partial charge >= 0.3 is 5.97 Å². The summed E-state index contributed by atoms with van der Waals surface area (Å²) >= 11 is 8.16. The number of sulfonamides is 1. The van der Waals surface area contributed by atoms with Crippen molar-refractivity contribution < 1.29 is 22.7 Å². The maximum Gasteiger partial charge on any atom is 0.326 e. The normalized spacial score (nSPS) is 17.7. The lowest BCUT2D eigenvalue weighted by atomic mass is 10.2. The van der Waals surface area contributed by atoms with E-state index < -0.39 is 27.9 Å². The first-order valence-electron chi connectivity index (χ1n) is 10.3. The van der Waals surface area contributed by atoms with Gasteiger partial charge in [0.15, 0.2) is 4.80 Å². The summed E-state index contributed by atoms with van der Waals surface area (Å²) in [5.74, 6) is -0.995. The Morgan fingerprint density at radius 1 is 1.24 bits per heavy atom. The van der Waals surface area contributed by atoms with Crippen molar-refractivity contribution in [1.82, 2.24) is 8.87 Å². The Kier molecular flexibility index (Phi) is 7.06. The van der Waals surface area contributed by atoms with Crippen molar-refractivity contribution in [3.63, 3.8) is 0 Å². The SMILES string of the molecule is CCOC(=O)Cn1c(=NC(=O)C2CCCN2S(=O)(=O)c2ccc(Cl)s2)sc2cc(C)ccc21. The van der Waals surface area contributed by atoms with Gasteiger partial charge in [0, 0.05) is 6.54 Å². The summed E-state index contributed by atoms with van der Waals surface area (Å²) in [6.07, 6.45) is 0.932. The number of hydrogen-bond acceptors (Lipinski definition) is 7. The van der Waals surface area contributed by atoms with Gasteiger partial charge in [0.25, 0.3) is 15.9 Å². The van der Waals surface area contributed by atoms with Gasteiger partial charge in [-0.25, -0.2) is 8.42 Å². The number of ether oxygens (including phenoxy) is 1. The van der Waals surface area contributed by atoms with Crippen LogP contribution in [0.15, 0.2) is 39.5 Å². The minimum atomic E-state index is -3.86. The van der Waals surface area contributed by atoms with Crippen LogP contribution in [0.1, 0.15) is 25.3 Å². The van der Waals surface area contributed by atoms with Crippen molar-refractivity contribution in [3.05, 3.63) is 45.0 Å². The third-order valence-electron chi connectivity index (χ3n) is 5.24. The van der Waals surface area contributed by atoms with Gasteiger partial charge in [-0.05, 0) is 56.5 Å². The number of fused-ring (bicyclic) bond motifs is 1. The van der Waals surface area contributed by atoms with E-state index in [2.05, 4.69) is 4.99 Å². The van der Waals surface area contributed by atoms with Crippen LogP contribution in [-0.2, 0) is 30.9 Å². The Labute approximate surface area is 204 Å². The fourth-order valence-electron chi connectivity index (χ4n) is 3.75. The van der Waals surface area contributed by atoms with Crippen molar-refractivity contribution in [2.45, 2.75) is 43.5 Å². The predicted molar refractivity (Wildman–Crippen MR) is 128 cm³/mol. The van der Waals surface area contributed by atoms with Gasteiger partial charge in [-0.3, -0.25) is 9.59 Å². The molecule has 0 N–H and O–H groups in total. The van der Waals surface area contributed by atoms with Crippen molar-refractivity contribution in [1.29, 1.82) is 0 Å². The molecule has 176 valence electrons. The zero-order valence-corrected chi connectivity index (χ0v) is 21.2. The second kappa shape index (κ2) is 9.67. The van der Waals surface area contributed by atoms with Gasteiger partial charge in [-0.1, -0.05) is 29.0 Å². The van der Waals surface area contributed by atoms with E-state index in [1.165, 1.54) is 27.8 Å². The number of thiazole rings is 1. The molecular weight excluding hydrogens is 506 g/mol. The highest BCUT2D eigenvalue weighted by Gasteiger charge is 2.40. The first-order valence-corrected chi connectivity index (χ1v) is 13.8. The molecule has 1 unspecified atom stereocenters. The van der Waals surface area contributed by atoms with Gasteiger partial charge in [-0.2, -0.15) is 9.30 Å². The Morgan fingerprint density at radius 2 is 2.03 bits per heavy atom. The molecule has 12 heteroatoms. The van der Waals surface area contributed by atoms with Crippen LogP contribution in [0.3, 0.4) is 0 Å². The molecule has 33 heavy (non-hydrogen) atoms. The molecular formula is C21H22ClN3O5S3. The molecule has 0 bridgehead atoms. The highest BCUT2D eigenvalue weighted by Crippen LogP contribution is 2.32. The third kappa shape index (κ3) is 4.92. The molecule has 2 aromatic heterocycles. The zero-order valence-electron chi connectivity index (χ0n) is 18.0. The van der Waals surface area contributed by atoms with Crippen molar-refractivity contribution in [2.24, 2.45) is 4.99 Å². The maximum atomic E-state index is 13.2. The van der Waals surface area contributed by atoms with E-state index in [9.17, 15) is 18.0 Å². The quantitative estimate of drug-likeness (QED) is 0.456. The van der Waals surface area contributed by atoms with E-state index in [0.717, 1.165) is 27.1 Å². The number of esters is 1. The molecule has 1 atom stereocenters. The van der Waals surface area contributed by atoms with E-state index in [4.69, 9.17) is 16.3 Å². The van der Waals surface area contributed by atoms with Crippen LogP contribution >= 0.6 is 34.3 Å². The smallest absolute Gasteiger partial charge is 0.326 e. The lowest BCUT2D eigenvalue weighted by molar-refractivity contribution is -0.143. The average Bonchev–Trinajstić information content (AvgIpc) is 3.48. The number of hydrogen-bond donors (Lipinski definition) is 0. The number of rotatable bonds is 6. The number of carbonyl (C=O) groups excluding carboxylic acids is 2. The molecule has 8 nitrogen and oxygen atoms in total. The Balaban J connectivity index is 1.72. The third-order valence-corrected chi connectivity index (χ3v) is 9.88. The van der Waals surface area contributed by atoms with Gasteiger partial charge in [0.05, 0.1) is 21.2 Å². The molecule has 1 saturated heterocycles. The highest BCUT2D eigenvalue weighted by atomic mass is 35.5. The van der Waals surface area contributed by atoms with Gasteiger partial charge < -0.3 is 9.30 Å². The second-order valence-corrected chi connectivity index (χ2v) is 12.4. The molecule has 1 aliphatic rings. The standard InChI is InChI=1S/C21H22ClN3O5S3/c1-3-30-18(26)12-24-14-7-6-13(2)11-16(14)31-21(24)23-20(27)15-5-4-10-25(15)33(28,29)19-9-8-17(22)32-19/h6-9,11,15H,3-5,10,12H2,1-2H3. The minimum Gasteiger partial charge on any atom is -0.465 e. The number of nitrogens with zero attached hydrogens (tertiary/aromatic N) is 3. The van der Waals surface area contributed by atoms with E-state index in [0.29, 0.717) is 22.0 Å². The number of benzene rings is 1. The number of amides is 1. The van der Waals surface area contributed by atoms with Crippen molar-refractivity contribution in [3.8, 4) is 0 Å². The van der Waals surface area contributed by atoms with Crippen LogP contribution in [0.25, 0.3) is 10.2 Å². The lowest BCUT2D eigenvalue weighted by Crippen LogP contribution is -2.40. The molecule has 0 saturated carbocycles. The lowest BCUT2D eigenvalue weighted by Gasteiger charge is -2.20. The summed E-state index contributed by atoms with van der Waals surface area (Å²) in [4.78, 5) is 30.0. The van der Waals surface area contributed by atoms with Crippen molar-refractivity contribution >= 4 is 66.4 Å². The largest absolute Gasteiger partial charge is 0.465 e. The molecule has 3 heterocycles. The maximum absolute atomic E-state index is 13.2. The van der Waals surface area contributed by atoms with Crippen LogP contribution in [0.5, 0.6) is 0 Å². The zero-order chi connectivity index (χ0) is 23.8. The van der Waals surface area contributed by atoms with Crippen LogP contribution in [0.2, 0.25) is 4.34 Å². The highest BCUT2D eigenvalue weighted by molar-refractivity contribution is 7.91. The van der Waals surface area contributed by atoms with Crippen LogP contribution in [0.4, 0.5) is 0 Å². The van der Waals surface area contributed by atoms with Crippen molar-refractivity contribution in [2.75, 3.05) is 13.2 Å². The molecule has 0 spiro atoms. The molecule has 1 fully saturated rings. The van der Waals surface area contributed by atoms with E-state index in [1.54, 1.807) is 11.5 Å². The first kappa shape index (κ1) is 24.1. The minimum absolute atomic E-state index is 0.0939. The number of aromatic nitrogens is 1. The molecule has 3 aromatic rings. The van der Waals surface area contributed by atoms with Crippen LogP contribution in [0, 0.1) is 6.92 Å². The summed E-state index contributed by atoms with van der Waals surface area (Å²) in [5.41, 5.74) is 1.79. The molecule has 0 radical (unpaired) electrons. The topological polar surface area (TPSA) is 98.0 Å². The summed E-state index contributed by atoms with van der Waals surface area (Å²) in [6.45, 7) is 4.06. The van der Waals surface area contributed by atoms with Gasteiger partial charge in [0.1, 0.15) is 16.8 Å². The number of carbonyl (C=O) groups is 2. The average molecular weight is 528 g/mol. The van der Waals surface area contributed by atoms with E-state index in [1.807, 2.05) is 25.1 Å². The summed E-state index contributed by atoms with van der Waals surface area (Å²) in [6, 6.07) is 7.81. The Bertz CT molecular complexity index is 1390. The summed E-state index contributed by atoms with van der Waals surface area (Å²) in [7, 11) is -3.86. The molecule has 1 amide bonds. The first-order chi connectivity index (χ1) is 15.7. The Morgan fingerprint density at radius 3 is 2.73 bits per heavy atom. The van der Waals surface area contributed by atoms with Gasteiger partial charge in [0.2, 0.25) is 0 Å². The summed E-state index contributed by atoms with van der Waals surface area (Å²) in [5, 5.41) is 0. The van der Waals surface area contributed by atoms with E-state index in [-0.39, 0.29) is 23.9 Å². The number of halogens is 1. The van der Waals surface area contributed by atoms with Gasteiger partial charge in [-0.15, -0.1) is 11.3 Å². The Hall–Kier alpha value is -2.05.